The number of pyridine rings is 1. The van der Waals surface area contributed by atoms with Gasteiger partial charge in [-0.05, 0) is 30.2 Å². The van der Waals surface area contributed by atoms with E-state index in [0.717, 1.165) is 12.0 Å². The lowest BCUT2D eigenvalue weighted by atomic mass is 10.0. The third-order valence-corrected chi connectivity index (χ3v) is 3.58. The highest BCUT2D eigenvalue weighted by molar-refractivity contribution is 5.75. The third kappa shape index (κ3) is 2.38. The Labute approximate surface area is 121 Å². The lowest BCUT2D eigenvalue weighted by Crippen LogP contribution is -2.25. The Morgan fingerprint density at radius 3 is 2.71 bits per heavy atom. The van der Waals surface area contributed by atoms with E-state index >= 15 is 0 Å². The summed E-state index contributed by atoms with van der Waals surface area (Å²) < 4.78 is 1.62. The molecule has 1 N–H and O–H groups in total. The second-order valence-corrected chi connectivity index (χ2v) is 4.87. The molecule has 0 radical (unpaired) electrons. The van der Waals surface area contributed by atoms with Crippen molar-refractivity contribution in [2.75, 3.05) is 0 Å². The van der Waals surface area contributed by atoms with Crippen LogP contribution in [0.25, 0.3) is 10.9 Å². The van der Waals surface area contributed by atoms with E-state index in [1.807, 2.05) is 19.1 Å². The van der Waals surface area contributed by atoms with E-state index in [2.05, 4.69) is 9.97 Å². The van der Waals surface area contributed by atoms with Crippen LogP contribution >= 0.6 is 0 Å². The number of aromatic nitrogens is 3. The van der Waals surface area contributed by atoms with Gasteiger partial charge in [0.1, 0.15) is 5.75 Å². The van der Waals surface area contributed by atoms with E-state index in [9.17, 15) is 9.90 Å². The second kappa shape index (κ2) is 5.36. The molecule has 21 heavy (non-hydrogen) atoms. The summed E-state index contributed by atoms with van der Waals surface area (Å²) in [4.78, 5) is 20.9. The van der Waals surface area contributed by atoms with Crippen LogP contribution < -0.4 is 5.56 Å². The van der Waals surface area contributed by atoms with Gasteiger partial charge in [-0.15, -0.1) is 0 Å². The van der Waals surface area contributed by atoms with Gasteiger partial charge in [-0.1, -0.05) is 19.1 Å². The summed E-state index contributed by atoms with van der Waals surface area (Å²) in [5, 5.41) is 9.90. The van der Waals surface area contributed by atoms with Gasteiger partial charge in [-0.3, -0.25) is 14.3 Å². The molecule has 2 aromatic heterocycles. The number of benzene rings is 1. The predicted molar refractivity (Wildman–Crippen MR) is 80.3 cm³/mol. The SMILES string of the molecule is CC[C@@H](c1ccc(O)cc1)n1cnc2ccncc2c1=O. The maximum atomic E-state index is 12.6. The lowest BCUT2D eigenvalue weighted by molar-refractivity contribution is 0.474. The van der Waals surface area contributed by atoms with Crippen LogP contribution in [-0.4, -0.2) is 19.6 Å². The standard InChI is InChI=1S/C16H15N3O2/c1-2-15(11-3-5-12(20)6-4-11)19-10-18-14-7-8-17-9-13(14)16(19)21/h3-10,15,20H,2H2,1H3/t15-/m0/s1. The topological polar surface area (TPSA) is 68.0 Å². The molecular weight excluding hydrogens is 266 g/mol. The van der Waals surface area contributed by atoms with Crippen molar-refractivity contribution < 1.29 is 5.11 Å². The zero-order chi connectivity index (χ0) is 14.8. The fourth-order valence-corrected chi connectivity index (χ4v) is 2.49. The third-order valence-electron chi connectivity index (χ3n) is 3.58. The van der Waals surface area contributed by atoms with Crippen molar-refractivity contribution in [3.05, 3.63) is 65.0 Å². The summed E-state index contributed by atoms with van der Waals surface area (Å²) in [5.74, 6) is 0.210. The molecule has 0 spiro atoms. The second-order valence-electron chi connectivity index (χ2n) is 4.87. The fraction of sp³-hybridized carbons (Fsp3) is 0.188. The molecule has 3 aromatic rings. The first kappa shape index (κ1) is 13.3. The lowest BCUT2D eigenvalue weighted by Gasteiger charge is -2.18. The monoisotopic (exact) mass is 281 g/mol. The molecule has 2 heterocycles. The molecule has 0 unspecified atom stereocenters. The number of fused-ring (bicyclic) bond motifs is 1. The molecule has 0 aliphatic carbocycles. The molecule has 0 fully saturated rings. The number of hydrogen-bond acceptors (Lipinski definition) is 4. The summed E-state index contributed by atoms with van der Waals surface area (Å²) in [6.07, 6.45) is 5.49. The first-order valence-corrected chi connectivity index (χ1v) is 6.80. The van der Waals surface area contributed by atoms with Gasteiger partial charge in [0.15, 0.2) is 0 Å². The van der Waals surface area contributed by atoms with Crippen LogP contribution in [0.3, 0.4) is 0 Å². The van der Waals surface area contributed by atoms with Crippen LogP contribution in [0.2, 0.25) is 0 Å². The molecule has 1 atom stereocenters. The first-order chi connectivity index (χ1) is 10.2. The highest BCUT2D eigenvalue weighted by Gasteiger charge is 2.15. The van der Waals surface area contributed by atoms with Gasteiger partial charge in [-0.2, -0.15) is 0 Å². The van der Waals surface area contributed by atoms with Crippen molar-refractivity contribution in [1.29, 1.82) is 0 Å². The molecule has 0 aliphatic heterocycles. The molecule has 0 aliphatic rings. The van der Waals surface area contributed by atoms with E-state index in [-0.39, 0.29) is 17.4 Å². The maximum absolute atomic E-state index is 12.6. The van der Waals surface area contributed by atoms with E-state index in [1.165, 1.54) is 0 Å². The van der Waals surface area contributed by atoms with E-state index in [1.54, 1.807) is 41.5 Å². The maximum Gasteiger partial charge on any atom is 0.263 e. The minimum absolute atomic E-state index is 0.104. The van der Waals surface area contributed by atoms with Gasteiger partial charge in [0.25, 0.3) is 5.56 Å². The quantitative estimate of drug-likeness (QED) is 0.801. The molecule has 5 heteroatoms. The smallest absolute Gasteiger partial charge is 0.263 e. The van der Waals surface area contributed by atoms with E-state index < -0.39 is 0 Å². The van der Waals surface area contributed by atoms with Crippen LogP contribution in [0.1, 0.15) is 24.9 Å². The molecular formula is C16H15N3O2. The van der Waals surface area contributed by atoms with Crippen LogP contribution in [-0.2, 0) is 0 Å². The minimum atomic E-state index is -0.116. The van der Waals surface area contributed by atoms with Gasteiger partial charge in [-0.25, -0.2) is 4.98 Å². The molecule has 0 bridgehead atoms. The molecule has 0 amide bonds. The average molecular weight is 281 g/mol. The van der Waals surface area contributed by atoms with Gasteiger partial charge >= 0.3 is 0 Å². The largest absolute Gasteiger partial charge is 0.508 e. The zero-order valence-corrected chi connectivity index (χ0v) is 11.6. The van der Waals surface area contributed by atoms with E-state index in [4.69, 9.17) is 0 Å². The van der Waals surface area contributed by atoms with Crippen molar-refractivity contribution in [1.82, 2.24) is 14.5 Å². The Morgan fingerprint density at radius 2 is 2.00 bits per heavy atom. The number of nitrogens with zero attached hydrogens (tertiary/aromatic N) is 3. The highest BCUT2D eigenvalue weighted by atomic mass is 16.3. The zero-order valence-electron chi connectivity index (χ0n) is 11.6. The minimum Gasteiger partial charge on any atom is -0.508 e. The van der Waals surface area contributed by atoms with Gasteiger partial charge < -0.3 is 5.11 Å². The molecule has 0 saturated heterocycles. The Bertz CT molecular complexity index is 825. The van der Waals surface area contributed by atoms with Crippen molar-refractivity contribution in [2.24, 2.45) is 0 Å². The normalized spacial score (nSPS) is 12.4. The van der Waals surface area contributed by atoms with Gasteiger partial charge in [0.2, 0.25) is 0 Å². The molecule has 3 rings (SSSR count). The van der Waals surface area contributed by atoms with Crippen LogP contribution in [0.5, 0.6) is 5.75 Å². The fourth-order valence-electron chi connectivity index (χ4n) is 2.49. The van der Waals surface area contributed by atoms with Crippen LogP contribution in [0, 0.1) is 0 Å². The Morgan fingerprint density at radius 1 is 1.24 bits per heavy atom. The van der Waals surface area contributed by atoms with Crippen LogP contribution in [0.4, 0.5) is 0 Å². The average Bonchev–Trinajstić information content (AvgIpc) is 2.52. The van der Waals surface area contributed by atoms with Crippen molar-refractivity contribution in [3.8, 4) is 5.75 Å². The molecule has 106 valence electrons. The number of phenols is 1. The molecule has 0 saturated carbocycles. The Hall–Kier alpha value is -2.69. The van der Waals surface area contributed by atoms with Gasteiger partial charge in [0, 0.05) is 12.4 Å². The summed E-state index contributed by atoms with van der Waals surface area (Å²) in [6, 6.07) is 8.50. The summed E-state index contributed by atoms with van der Waals surface area (Å²) in [7, 11) is 0. The Balaban J connectivity index is 2.15. The molecule has 5 nitrogen and oxygen atoms in total. The van der Waals surface area contributed by atoms with Crippen LogP contribution in [0.15, 0.2) is 53.8 Å². The number of rotatable bonds is 3. The summed E-state index contributed by atoms with van der Waals surface area (Å²) >= 11 is 0. The number of hydrogen-bond donors (Lipinski definition) is 1. The number of phenolic OH excluding ortho intramolecular Hbond substituents is 1. The number of aromatic hydroxyl groups is 1. The predicted octanol–water partition coefficient (Wildman–Crippen LogP) is 2.50. The Kier molecular flexibility index (Phi) is 3.39. The van der Waals surface area contributed by atoms with Crippen molar-refractivity contribution in [3.63, 3.8) is 0 Å². The van der Waals surface area contributed by atoms with Crippen molar-refractivity contribution >= 4 is 10.9 Å². The first-order valence-electron chi connectivity index (χ1n) is 6.80. The molecule has 1 aromatic carbocycles. The van der Waals surface area contributed by atoms with Crippen molar-refractivity contribution in [2.45, 2.75) is 19.4 Å². The van der Waals surface area contributed by atoms with Gasteiger partial charge in [0.05, 0.1) is 23.3 Å². The summed E-state index contributed by atoms with van der Waals surface area (Å²) in [6.45, 7) is 2.01. The highest BCUT2D eigenvalue weighted by Crippen LogP contribution is 2.22. The van der Waals surface area contributed by atoms with E-state index in [0.29, 0.717) is 10.9 Å². The summed E-state index contributed by atoms with van der Waals surface area (Å²) in [5.41, 5.74) is 1.50.